The lowest BCUT2D eigenvalue weighted by molar-refractivity contribution is -0.134. The van der Waals surface area contributed by atoms with Crippen LogP contribution in [0.15, 0.2) is 24.3 Å². The number of nitrogens with zero attached hydrogens (tertiary/aromatic N) is 4. The van der Waals surface area contributed by atoms with Crippen LogP contribution in [0.5, 0.6) is 0 Å². The van der Waals surface area contributed by atoms with Gasteiger partial charge in [0.25, 0.3) is 0 Å². The molecule has 154 valence electrons. The number of carbonyl (C=O) groups is 1. The molecule has 2 aliphatic heterocycles. The van der Waals surface area contributed by atoms with E-state index in [1.165, 1.54) is 43.4 Å². The summed E-state index contributed by atoms with van der Waals surface area (Å²) in [6.45, 7) is 10.7. The molecule has 0 radical (unpaired) electrons. The molecule has 3 fully saturated rings. The Bertz CT molecular complexity index is 642. The second kappa shape index (κ2) is 9.27. The first kappa shape index (κ1) is 19.7. The van der Waals surface area contributed by atoms with E-state index in [1.807, 2.05) is 0 Å². The molecule has 1 aromatic carbocycles. The maximum atomic E-state index is 12.8. The molecule has 2 saturated heterocycles. The lowest BCUT2D eigenvalue weighted by Crippen LogP contribution is -2.55. The van der Waals surface area contributed by atoms with Gasteiger partial charge in [-0.25, -0.2) is 0 Å². The van der Waals surface area contributed by atoms with Crippen LogP contribution in [0.4, 0.5) is 5.69 Å². The van der Waals surface area contributed by atoms with Crippen molar-refractivity contribution in [2.45, 2.75) is 45.1 Å². The third-order valence-electron chi connectivity index (χ3n) is 6.95. The molecule has 0 atom stereocenters. The first-order valence-corrected chi connectivity index (χ1v) is 11.3. The van der Waals surface area contributed by atoms with Crippen molar-refractivity contribution in [3.8, 4) is 0 Å². The van der Waals surface area contributed by atoms with Gasteiger partial charge in [0.15, 0.2) is 0 Å². The number of amides is 1. The zero-order valence-corrected chi connectivity index (χ0v) is 17.5. The van der Waals surface area contributed by atoms with Crippen molar-refractivity contribution in [1.82, 2.24) is 14.7 Å². The van der Waals surface area contributed by atoms with Gasteiger partial charge in [-0.1, -0.05) is 37.5 Å². The summed E-state index contributed by atoms with van der Waals surface area (Å²) >= 11 is 0. The van der Waals surface area contributed by atoms with Crippen molar-refractivity contribution >= 4 is 11.6 Å². The summed E-state index contributed by atoms with van der Waals surface area (Å²) in [4.78, 5) is 22.3. The standard InChI is InChI=1S/C23H36N4O/c1-20-7-5-6-10-22(20)26-13-11-24(12-14-26)19-23(28)27-17-15-25(16-18-27)21-8-3-2-4-9-21/h5-7,10,21H,2-4,8-9,11-19H2,1H3. The monoisotopic (exact) mass is 384 g/mol. The second-order valence-electron chi connectivity index (χ2n) is 8.76. The minimum Gasteiger partial charge on any atom is -0.369 e. The highest BCUT2D eigenvalue weighted by Gasteiger charge is 2.28. The summed E-state index contributed by atoms with van der Waals surface area (Å²) in [5.74, 6) is 0.327. The molecule has 1 amide bonds. The minimum atomic E-state index is 0.327. The normalized spacial score (nSPS) is 23.2. The molecule has 0 unspecified atom stereocenters. The molecule has 1 saturated carbocycles. The van der Waals surface area contributed by atoms with E-state index >= 15 is 0 Å². The first-order chi connectivity index (χ1) is 13.7. The molecule has 5 nitrogen and oxygen atoms in total. The van der Waals surface area contributed by atoms with E-state index in [0.717, 1.165) is 58.4 Å². The Morgan fingerprint density at radius 3 is 2.25 bits per heavy atom. The molecule has 4 rings (SSSR count). The third kappa shape index (κ3) is 4.69. The summed E-state index contributed by atoms with van der Waals surface area (Å²) in [5.41, 5.74) is 2.68. The van der Waals surface area contributed by atoms with Gasteiger partial charge < -0.3 is 9.80 Å². The van der Waals surface area contributed by atoms with Gasteiger partial charge in [-0.3, -0.25) is 14.6 Å². The fourth-order valence-corrected chi connectivity index (χ4v) is 5.14. The Labute approximate surface area is 170 Å². The number of para-hydroxylation sites is 1. The maximum absolute atomic E-state index is 12.8. The van der Waals surface area contributed by atoms with Crippen LogP contribution in [0.1, 0.15) is 37.7 Å². The van der Waals surface area contributed by atoms with Gasteiger partial charge in [0.1, 0.15) is 0 Å². The summed E-state index contributed by atoms with van der Waals surface area (Å²) in [7, 11) is 0. The lowest BCUT2D eigenvalue weighted by Gasteiger charge is -2.42. The highest BCUT2D eigenvalue weighted by molar-refractivity contribution is 5.78. The molecule has 0 spiro atoms. The van der Waals surface area contributed by atoms with E-state index in [9.17, 15) is 4.79 Å². The second-order valence-corrected chi connectivity index (χ2v) is 8.76. The third-order valence-corrected chi connectivity index (χ3v) is 6.95. The number of carbonyl (C=O) groups excluding carboxylic acids is 1. The van der Waals surface area contributed by atoms with E-state index in [2.05, 4.69) is 50.8 Å². The van der Waals surface area contributed by atoms with Gasteiger partial charge in [0.2, 0.25) is 5.91 Å². The van der Waals surface area contributed by atoms with Crippen LogP contribution in [0, 0.1) is 6.92 Å². The molecule has 0 N–H and O–H groups in total. The summed E-state index contributed by atoms with van der Waals surface area (Å²) in [6.07, 6.45) is 6.90. The molecule has 3 aliphatic rings. The molecule has 1 aromatic rings. The number of rotatable bonds is 4. The van der Waals surface area contributed by atoms with Crippen LogP contribution in [-0.2, 0) is 4.79 Å². The van der Waals surface area contributed by atoms with Crippen molar-refractivity contribution in [1.29, 1.82) is 0 Å². The van der Waals surface area contributed by atoms with Crippen molar-refractivity contribution in [3.05, 3.63) is 29.8 Å². The lowest BCUT2D eigenvalue weighted by atomic mass is 9.94. The number of hydrogen-bond acceptors (Lipinski definition) is 4. The molecule has 2 heterocycles. The van der Waals surface area contributed by atoms with Crippen molar-refractivity contribution in [2.75, 3.05) is 63.8 Å². The van der Waals surface area contributed by atoms with Crippen LogP contribution >= 0.6 is 0 Å². The summed E-state index contributed by atoms with van der Waals surface area (Å²) in [5, 5.41) is 0. The summed E-state index contributed by atoms with van der Waals surface area (Å²) in [6, 6.07) is 9.38. The van der Waals surface area contributed by atoms with Crippen molar-refractivity contribution in [3.63, 3.8) is 0 Å². The Morgan fingerprint density at radius 2 is 1.57 bits per heavy atom. The topological polar surface area (TPSA) is 30.0 Å². The Hall–Kier alpha value is -1.59. The largest absolute Gasteiger partial charge is 0.369 e. The SMILES string of the molecule is Cc1ccccc1N1CCN(CC(=O)N2CCN(C3CCCCC3)CC2)CC1. The highest BCUT2D eigenvalue weighted by atomic mass is 16.2. The minimum absolute atomic E-state index is 0.327. The molecular weight excluding hydrogens is 348 g/mol. The van der Waals surface area contributed by atoms with E-state index in [0.29, 0.717) is 12.5 Å². The number of piperazine rings is 2. The van der Waals surface area contributed by atoms with Crippen LogP contribution in [0.25, 0.3) is 0 Å². The zero-order chi connectivity index (χ0) is 19.3. The smallest absolute Gasteiger partial charge is 0.236 e. The van der Waals surface area contributed by atoms with E-state index < -0.39 is 0 Å². The number of anilines is 1. The van der Waals surface area contributed by atoms with Gasteiger partial charge in [0.05, 0.1) is 6.54 Å². The Kier molecular flexibility index (Phi) is 6.53. The van der Waals surface area contributed by atoms with Gasteiger partial charge in [-0.2, -0.15) is 0 Å². The number of aryl methyl sites for hydroxylation is 1. The first-order valence-electron chi connectivity index (χ1n) is 11.3. The molecular formula is C23H36N4O. The van der Waals surface area contributed by atoms with Crippen LogP contribution in [0.3, 0.4) is 0 Å². The van der Waals surface area contributed by atoms with E-state index in [-0.39, 0.29) is 0 Å². The fraction of sp³-hybridized carbons (Fsp3) is 0.696. The van der Waals surface area contributed by atoms with E-state index in [4.69, 9.17) is 0 Å². The van der Waals surface area contributed by atoms with Crippen LogP contribution < -0.4 is 4.90 Å². The van der Waals surface area contributed by atoms with Crippen LogP contribution in [-0.4, -0.2) is 85.6 Å². The Balaban J connectivity index is 1.20. The molecule has 5 heteroatoms. The van der Waals surface area contributed by atoms with E-state index in [1.54, 1.807) is 0 Å². The van der Waals surface area contributed by atoms with Crippen molar-refractivity contribution in [2.24, 2.45) is 0 Å². The van der Waals surface area contributed by atoms with Gasteiger partial charge in [-0.05, 0) is 31.4 Å². The quantitative estimate of drug-likeness (QED) is 0.798. The average Bonchev–Trinajstić information content (AvgIpc) is 2.75. The zero-order valence-electron chi connectivity index (χ0n) is 17.5. The van der Waals surface area contributed by atoms with Gasteiger partial charge >= 0.3 is 0 Å². The number of hydrogen-bond donors (Lipinski definition) is 0. The maximum Gasteiger partial charge on any atom is 0.236 e. The average molecular weight is 385 g/mol. The van der Waals surface area contributed by atoms with Crippen LogP contribution in [0.2, 0.25) is 0 Å². The van der Waals surface area contributed by atoms with Gasteiger partial charge in [0, 0.05) is 64.1 Å². The number of benzene rings is 1. The summed E-state index contributed by atoms with van der Waals surface area (Å²) < 4.78 is 0. The molecule has 1 aliphatic carbocycles. The predicted molar refractivity (Wildman–Crippen MR) is 115 cm³/mol. The molecule has 0 aromatic heterocycles. The highest BCUT2D eigenvalue weighted by Crippen LogP contribution is 2.24. The predicted octanol–water partition coefficient (Wildman–Crippen LogP) is 2.59. The molecule has 0 bridgehead atoms. The Morgan fingerprint density at radius 1 is 0.893 bits per heavy atom. The van der Waals surface area contributed by atoms with Crippen molar-refractivity contribution < 1.29 is 4.79 Å². The molecule has 28 heavy (non-hydrogen) atoms. The van der Waals surface area contributed by atoms with Gasteiger partial charge in [-0.15, -0.1) is 0 Å². The fourth-order valence-electron chi connectivity index (χ4n) is 5.14.